The molecule has 0 aromatic rings. The minimum absolute atomic E-state index is 0.244. The molecule has 0 aromatic carbocycles. The van der Waals surface area contributed by atoms with Crippen LogP contribution >= 0.6 is 0 Å². The van der Waals surface area contributed by atoms with Gasteiger partial charge in [-0.1, -0.05) is 0 Å². The van der Waals surface area contributed by atoms with Crippen LogP contribution in [0, 0.1) is 0 Å². The minimum atomic E-state index is -0.352. The standard InChI is InChI=1S/C8H15NO3/c1-3-12-7-4-6(5-7)9-8(10)11-2/h6-7H,3-5H2,1-2H3,(H,9,10). The fourth-order valence-corrected chi connectivity index (χ4v) is 1.28. The van der Waals surface area contributed by atoms with E-state index in [1.807, 2.05) is 6.92 Å². The predicted molar refractivity (Wildman–Crippen MR) is 44.0 cm³/mol. The number of methoxy groups -OCH3 is 1. The molecule has 70 valence electrons. The summed E-state index contributed by atoms with van der Waals surface area (Å²) in [6, 6.07) is 0.244. The molecule has 0 aliphatic heterocycles. The van der Waals surface area contributed by atoms with Gasteiger partial charge in [-0.3, -0.25) is 0 Å². The van der Waals surface area contributed by atoms with Gasteiger partial charge in [0, 0.05) is 12.6 Å². The molecule has 0 radical (unpaired) electrons. The first-order chi connectivity index (χ1) is 5.76. The Kier molecular flexibility index (Phi) is 3.34. The monoisotopic (exact) mass is 173 g/mol. The summed E-state index contributed by atoms with van der Waals surface area (Å²) in [6.45, 7) is 2.72. The van der Waals surface area contributed by atoms with Crippen LogP contribution in [0.15, 0.2) is 0 Å². The third kappa shape index (κ3) is 2.37. The van der Waals surface area contributed by atoms with Crippen LogP contribution in [0.25, 0.3) is 0 Å². The number of hydrogen-bond acceptors (Lipinski definition) is 3. The molecule has 1 rings (SSSR count). The van der Waals surface area contributed by atoms with Gasteiger partial charge in [-0.2, -0.15) is 0 Å². The second-order valence-electron chi connectivity index (χ2n) is 2.88. The topological polar surface area (TPSA) is 47.6 Å². The van der Waals surface area contributed by atoms with Crippen molar-refractivity contribution in [2.45, 2.75) is 31.9 Å². The molecule has 1 aliphatic rings. The molecule has 0 aromatic heterocycles. The Morgan fingerprint density at radius 2 is 2.25 bits per heavy atom. The van der Waals surface area contributed by atoms with Crippen LogP contribution in [0.4, 0.5) is 4.79 Å². The van der Waals surface area contributed by atoms with Crippen molar-refractivity contribution in [2.24, 2.45) is 0 Å². The quantitative estimate of drug-likeness (QED) is 0.690. The van der Waals surface area contributed by atoms with Crippen LogP contribution in [0.2, 0.25) is 0 Å². The molecule has 0 unspecified atom stereocenters. The number of ether oxygens (including phenoxy) is 2. The van der Waals surface area contributed by atoms with Crippen LogP contribution in [-0.4, -0.2) is 32.0 Å². The number of rotatable bonds is 3. The molecule has 1 saturated carbocycles. The lowest BCUT2D eigenvalue weighted by Crippen LogP contribution is -2.47. The predicted octanol–water partition coefficient (Wildman–Crippen LogP) is 0.910. The van der Waals surface area contributed by atoms with E-state index in [1.54, 1.807) is 0 Å². The number of carbonyl (C=O) groups excluding carboxylic acids is 1. The lowest BCUT2D eigenvalue weighted by atomic mass is 9.89. The first kappa shape index (κ1) is 9.32. The molecule has 0 saturated heterocycles. The molecule has 1 aliphatic carbocycles. The molecule has 0 bridgehead atoms. The number of carbonyl (C=O) groups is 1. The fraction of sp³-hybridized carbons (Fsp3) is 0.875. The zero-order valence-corrected chi connectivity index (χ0v) is 7.50. The summed E-state index contributed by atoms with van der Waals surface area (Å²) < 4.78 is 9.79. The molecule has 4 nitrogen and oxygen atoms in total. The highest BCUT2D eigenvalue weighted by atomic mass is 16.5. The van der Waals surface area contributed by atoms with E-state index in [2.05, 4.69) is 10.1 Å². The molecule has 0 heterocycles. The summed E-state index contributed by atoms with van der Waals surface area (Å²) in [5, 5.41) is 2.71. The van der Waals surface area contributed by atoms with Crippen molar-refractivity contribution in [3.8, 4) is 0 Å². The first-order valence-corrected chi connectivity index (χ1v) is 4.22. The Morgan fingerprint density at radius 3 is 2.75 bits per heavy atom. The zero-order chi connectivity index (χ0) is 8.97. The van der Waals surface area contributed by atoms with E-state index in [4.69, 9.17) is 4.74 Å². The van der Waals surface area contributed by atoms with Gasteiger partial charge in [-0.25, -0.2) is 4.79 Å². The molecule has 1 fully saturated rings. The van der Waals surface area contributed by atoms with Gasteiger partial charge in [0.25, 0.3) is 0 Å². The van der Waals surface area contributed by atoms with Crippen LogP contribution in [0.1, 0.15) is 19.8 Å². The molecule has 1 N–H and O–H groups in total. The summed E-state index contributed by atoms with van der Waals surface area (Å²) in [4.78, 5) is 10.7. The molecule has 0 atom stereocenters. The van der Waals surface area contributed by atoms with E-state index in [0.29, 0.717) is 6.10 Å². The van der Waals surface area contributed by atoms with E-state index in [1.165, 1.54) is 7.11 Å². The van der Waals surface area contributed by atoms with Crippen LogP contribution in [-0.2, 0) is 9.47 Å². The Bertz CT molecular complexity index is 154. The van der Waals surface area contributed by atoms with Crippen LogP contribution in [0.5, 0.6) is 0 Å². The Balaban J connectivity index is 2.05. The average molecular weight is 173 g/mol. The normalized spacial score (nSPS) is 27.5. The van der Waals surface area contributed by atoms with Crippen molar-refractivity contribution < 1.29 is 14.3 Å². The van der Waals surface area contributed by atoms with Crippen molar-refractivity contribution >= 4 is 6.09 Å². The molecule has 12 heavy (non-hydrogen) atoms. The summed E-state index contributed by atoms with van der Waals surface area (Å²) in [5.41, 5.74) is 0. The SMILES string of the molecule is CCOC1CC(NC(=O)OC)C1. The van der Waals surface area contributed by atoms with Gasteiger partial charge in [0.2, 0.25) is 0 Å². The molecular weight excluding hydrogens is 158 g/mol. The largest absolute Gasteiger partial charge is 0.453 e. The molecule has 1 amide bonds. The summed E-state index contributed by atoms with van der Waals surface area (Å²) in [6.07, 6.45) is 1.79. The number of nitrogens with one attached hydrogen (secondary N) is 1. The van der Waals surface area contributed by atoms with Gasteiger partial charge < -0.3 is 14.8 Å². The average Bonchev–Trinajstić information content (AvgIpc) is 2.00. The van der Waals surface area contributed by atoms with E-state index in [0.717, 1.165) is 19.4 Å². The Hall–Kier alpha value is -0.770. The maximum Gasteiger partial charge on any atom is 0.407 e. The van der Waals surface area contributed by atoms with Gasteiger partial charge >= 0.3 is 6.09 Å². The highest BCUT2D eigenvalue weighted by Crippen LogP contribution is 2.22. The van der Waals surface area contributed by atoms with Gasteiger partial charge in [-0.05, 0) is 19.8 Å². The Morgan fingerprint density at radius 1 is 1.58 bits per heavy atom. The van der Waals surface area contributed by atoms with E-state index < -0.39 is 0 Å². The van der Waals surface area contributed by atoms with Crippen molar-refractivity contribution in [3.05, 3.63) is 0 Å². The van der Waals surface area contributed by atoms with E-state index in [-0.39, 0.29) is 12.1 Å². The van der Waals surface area contributed by atoms with Crippen molar-refractivity contribution in [1.82, 2.24) is 5.32 Å². The molecule has 0 spiro atoms. The number of hydrogen-bond donors (Lipinski definition) is 1. The van der Waals surface area contributed by atoms with Crippen molar-refractivity contribution in [1.29, 1.82) is 0 Å². The van der Waals surface area contributed by atoms with Gasteiger partial charge in [0.1, 0.15) is 0 Å². The summed E-state index contributed by atoms with van der Waals surface area (Å²) in [7, 11) is 1.37. The van der Waals surface area contributed by atoms with E-state index >= 15 is 0 Å². The second-order valence-corrected chi connectivity index (χ2v) is 2.88. The molecule has 4 heteroatoms. The van der Waals surface area contributed by atoms with Gasteiger partial charge in [0.05, 0.1) is 13.2 Å². The highest BCUT2D eigenvalue weighted by Gasteiger charge is 2.30. The smallest absolute Gasteiger partial charge is 0.407 e. The third-order valence-electron chi connectivity index (χ3n) is 2.00. The lowest BCUT2D eigenvalue weighted by Gasteiger charge is -2.34. The third-order valence-corrected chi connectivity index (χ3v) is 2.00. The highest BCUT2D eigenvalue weighted by molar-refractivity contribution is 5.67. The zero-order valence-electron chi connectivity index (χ0n) is 7.50. The number of amides is 1. The van der Waals surface area contributed by atoms with Crippen LogP contribution < -0.4 is 5.32 Å². The fourth-order valence-electron chi connectivity index (χ4n) is 1.28. The van der Waals surface area contributed by atoms with Gasteiger partial charge in [0.15, 0.2) is 0 Å². The lowest BCUT2D eigenvalue weighted by molar-refractivity contribution is -0.00908. The number of alkyl carbamates (subject to hydrolysis) is 1. The van der Waals surface area contributed by atoms with Crippen LogP contribution in [0.3, 0.4) is 0 Å². The first-order valence-electron chi connectivity index (χ1n) is 4.22. The Labute approximate surface area is 72.2 Å². The van der Waals surface area contributed by atoms with Crippen molar-refractivity contribution in [3.63, 3.8) is 0 Å². The summed E-state index contributed by atoms with van der Waals surface area (Å²) in [5.74, 6) is 0. The molecular formula is C8H15NO3. The summed E-state index contributed by atoms with van der Waals surface area (Å²) >= 11 is 0. The minimum Gasteiger partial charge on any atom is -0.453 e. The van der Waals surface area contributed by atoms with E-state index in [9.17, 15) is 4.79 Å². The van der Waals surface area contributed by atoms with Gasteiger partial charge in [-0.15, -0.1) is 0 Å². The second kappa shape index (κ2) is 4.30. The maximum absolute atomic E-state index is 10.7. The van der Waals surface area contributed by atoms with Crippen molar-refractivity contribution in [2.75, 3.05) is 13.7 Å². The maximum atomic E-state index is 10.7.